The number of benzene rings is 1. The number of carbonyl (C=O) groups is 2. The molecule has 1 aromatic carbocycles. The maximum atomic E-state index is 13.3. The van der Waals surface area contributed by atoms with E-state index in [9.17, 15) is 31.2 Å². The number of nitrogens with one attached hydrogen (secondary N) is 1. The molecule has 0 aromatic heterocycles. The van der Waals surface area contributed by atoms with Crippen molar-refractivity contribution >= 4 is 39.4 Å². The molecule has 0 unspecified atom stereocenters. The number of hydrogen-bond acceptors (Lipinski definition) is 7. The Morgan fingerprint density at radius 2 is 1.69 bits per heavy atom. The number of ether oxygens (including phenoxy) is 2. The molecule has 0 bridgehead atoms. The fourth-order valence-corrected chi connectivity index (χ4v) is 7.73. The highest BCUT2D eigenvalue weighted by Crippen LogP contribution is 2.33. The number of sulfonamides is 1. The Morgan fingerprint density at radius 1 is 1.08 bits per heavy atom. The zero-order chi connectivity index (χ0) is 35.3. The zero-order valence-corrected chi connectivity index (χ0v) is 29.4. The monoisotopic (exact) mass is 698 g/mol. The van der Waals surface area contributed by atoms with Gasteiger partial charge in [0.05, 0.1) is 13.2 Å². The van der Waals surface area contributed by atoms with E-state index >= 15 is 0 Å². The highest BCUT2D eigenvalue weighted by atomic mass is 32.2. The van der Waals surface area contributed by atoms with Crippen LogP contribution in [0, 0.1) is 13.8 Å². The second-order valence-corrected chi connectivity index (χ2v) is 15.4. The Labute approximate surface area is 282 Å². The lowest BCUT2D eigenvalue weighted by molar-refractivity contribution is -0.138. The number of piperidine rings is 1. The van der Waals surface area contributed by atoms with Crippen molar-refractivity contribution in [3.63, 3.8) is 0 Å². The molecular formula is C34H49F3N4O6S. The lowest BCUT2D eigenvalue weighted by Crippen LogP contribution is -2.50. The molecule has 3 aliphatic rings. The minimum Gasteiger partial charge on any atom is -0.348 e. The zero-order valence-electron chi connectivity index (χ0n) is 28.6. The fraction of sp³-hybridized carbons (Fsp3) is 0.676. The molecule has 3 heterocycles. The van der Waals surface area contributed by atoms with E-state index in [1.54, 1.807) is 11.0 Å². The first-order valence-electron chi connectivity index (χ1n) is 16.8. The van der Waals surface area contributed by atoms with Gasteiger partial charge in [0.15, 0.2) is 5.79 Å². The number of alkyl halides is 3. The first-order valence-corrected chi connectivity index (χ1v) is 18.3. The molecule has 268 valence electrons. The molecule has 1 N–H and O–H groups in total. The number of aryl methyl sites for hydroxylation is 2. The van der Waals surface area contributed by atoms with Gasteiger partial charge >= 0.3 is 6.18 Å². The third-order valence-electron chi connectivity index (χ3n) is 9.19. The SMILES string of the molecule is CC(=O)N(C[C@H]1COC(C)(C)O1)c1cc(C)c(C=CS(=O)(=O)N2CCC3(CC2)N=C(CCCCCCCCC(F)(F)F)NC3=O)c(C)c1. The van der Waals surface area contributed by atoms with Crippen LogP contribution >= 0.6 is 0 Å². The molecule has 1 spiro atoms. The summed E-state index contributed by atoms with van der Waals surface area (Å²) in [6, 6.07) is 3.72. The van der Waals surface area contributed by atoms with Crippen LogP contribution in [0.1, 0.15) is 102 Å². The molecule has 4 rings (SSSR count). The van der Waals surface area contributed by atoms with Gasteiger partial charge in [-0.15, -0.1) is 0 Å². The van der Waals surface area contributed by atoms with E-state index in [0.29, 0.717) is 37.5 Å². The summed E-state index contributed by atoms with van der Waals surface area (Å²) in [7, 11) is -3.78. The Morgan fingerprint density at radius 3 is 2.25 bits per heavy atom. The summed E-state index contributed by atoms with van der Waals surface area (Å²) in [5.74, 6) is -0.457. The fourth-order valence-electron chi connectivity index (χ4n) is 6.56. The van der Waals surface area contributed by atoms with Crippen molar-refractivity contribution in [3.05, 3.63) is 34.2 Å². The lowest BCUT2D eigenvalue weighted by atomic mass is 9.89. The second-order valence-electron chi connectivity index (χ2n) is 13.6. The van der Waals surface area contributed by atoms with Crippen molar-refractivity contribution in [2.24, 2.45) is 4.99 Å². The number of aliphatic imine (C=N–C) groups is 1. The Hall–Kier alpha value is -2.81. The van der Waals surface area contributed by atoms with Crippen LogP contribution in [0.25, 0.3) is 6.08 Å². The van der Waals surface area contributed by atoms with Crippen molar-refractivity contribution in [1.29, 1.82) is 0 Å². The molecule has 1 atom stereocenters. The number of hydrogen-bond donors (Lipinski definition) is 1. The minimum atomic E-state index is -4.10. The molecule has 0 radical (unpaired) electrons. The molecule has 3 aliphatic heterocycles. The summed E-state index contributed by atoms with van der Waals surface area (Å²) in [6.07, 6.45) is 1.47. The molecule has 2 fully saturated rings. The summed E-state index contributed by atoms with van der Waals surface area (Å²) in [5.41, 5.74) is 2.10. The predicted molar refractivity (Wildman–Crippen MR) is 179 cm³/mol. The van der Waals surface area contributed by atoms with E-state index in [1.165, 1.54) is 16.6 Å². The van der Waals surface area contributed by atoms with Crippen LogP contribution in [0.15, 0.2) is 22.5 Å². The predicted octanol–water partition coefficient (Wildman–Crippen LogP) is 6.15. The van der Waals surface area contributed by atoms with Crippen molar-refractivity contribution in [3.8, 4) is 0 Å². The minimum absolute atomic E-state index is 0.139. The van der Waals surface area contributed by atoms with E-state index in [0.717, 1.165) is 42.4 Å². The van der Waals surface area contributed by atoms with Gasteiger partial charge in [-0.25, -0.2) is 8.42 Å². The summed E-state index contributed by atoms with van der Waals surface area (Å²) < 4.78 is 76.3. The van der Waals surface area contributed by atoms with Crippen molar-refractivity contribution < 1.29 is 40.7 Å². The van der Waals surface area contributed by atoms with Crippen molar-refractivity contribution in [1.82, 2.24) is 9.62 Å². The summed E-state index contributed by atoms with van der Waals surface area (Å²) in [6.45, 7) is 9.92. The molecule has 14 heteroatoms. The highest BCUT2D eigenvalue weighted by molar-refractivity contribution is 7.92. The molecule has 1 aromatic rings. The highest BCUT2D eigenvalue weighted by Gasteiger charge is 2.47. The van der Waals surface area contributed by atoms with Crippen LogP contribution in [0.2, 0.25) is 0 Å². The Bertz CT molecular complexity index is 1480. The topological polar surface area (TPSA) is 118 Å². The maximum Gasteiger partial charge on any atom is 0.389 e. The average molecular weight is 699 g/mol. The largest absolute Gasteiger partial charge is 0.389 e. The third-order valence-corrected chi connectivity index (χ3v) is 10.8. The molecule has 0 aliphatic carbocycles. The Balaban J connectivity index is 1.30. The number of amides is 2. The van der Waals surface area contributed by atoms with E-state index in [2.05, 4.69) is 5.32 Å². The number of unbranched alkanes of at least 4 members (excludes halogenated alkanes) is 5. The third kappa shape index (κ3) is 10.1. The van der Waals surface area contributed by atoms with Crippen molar-refractivity contribution in [2.45, 2.75) is 122 Å². The molecule has 2 saturated heterocycles. The van der Waals surface area contributed by atoms with Crippen LogP contribution in [0.3, 0.4) is 0 Å². The van der Waals surface area contributed by atoms with Crippen LogP contribution in [-0.4, -0.2) is 80.2 Å². The normalized spacial score (nSPS) is 21.2. The number of carbonyl (C=O) groups excluding carboxylic acids is 2. The van der Waals surface area contributed by atoms with Gasteiger partial charge in [0.25, 0.3) is 5.91 Å². The standard InChI is InChI=1S/C34H49F3N4O6S/c1-24-20-27(41(26(3)42)22-28-23-46-32(4,5)47-28)21-25(2)29(24)13-19-48(44,45)40-17-15-33(16-18-40)31(43)38-30(39-33)12-10-8-6-7-9-11-14-34(35,36)37/h13,19-21,28H,6-12,14-18,22-23H2,1-5H3,(H,38,39,43)/t28-/m0/s1. The summed E-state index contributed by atoms with van der Waals surface area (Å²) in [5, 5.41) is 4.06. The van der Waals surface area contributed by atoms with Gasteiger partial charge in [0, 0.05) is 44.0 Å². The first-order chi connectivity index (χ1) is 22.4. The average Bonchev–Trinajstić information content (AvgIpc) is 3.48. The van der Waals surface area contributed by atoms with Gasteiger partial charge in [0.1, 0.15) is 17.5 Å². The number of amidine groups is 1. The number of rotatable bonds is 14. The van der Waals surface area contributed by atoms with Crippen LogP contribution in [0.5, 0.6) is 0 Å². The Kier molecular flexibility index (Phi) is 12.2. The van der Waals surface area contributed by atoms with Gasteiger partial charge in [-0.3, -0.25) is 14.6 Å². The van der Waals surface area contributed by atoms with Gasteiger partial charge in [0.2, 0.25) is 15.9 Å². The second kappa shape index (κ2) is 15.4. The molecule has 48 heavy (non-hydrogen) atoms. The first kappa shape index (κ1) is 38.0. The van der Waals surface area contributed by atoms with Gasteiger partial charge in [-0.05, 0) is 88.3 Å². The summed E-state index contributed by atoms with van der Waals surface area (Å²) in [4.78, 5) is 31.8. The molecular weight excluding hydrogens is 649 g/mol. The van der Waals surface area contributed by atoms with E-state index < -0.39 is 33.9 Å². The number of halogens is 3. The van der Waals surface area contributed by atoms with E-state index in [4.69, 9.17) is 14.5 Å². The van der Waals surface area contributed by atoms with Gasteiger partial charge in [-0.1, -0.05) is 25.7 Å². The van der Waals surface area contributed by atoms with Crippen LogP contribution in [0.4, 0.5) is 18.9 Å². The number of anilines is 1. The number of nitrogens with zero attached hydrogens (tertiary/aromatic N) is 3. The maximum absolute atomic E-state index is 13.3. The van der Waals surface area contributed by atoms with Crippen LogP contribution < -0.4 is 10.2 Å². The van der Waals surface area contributed by atoms with Crippen molar-refractivity contribution in [2.75, 3.05) is 31.1 Å². The molecule has 10 nitrogen and oxygen atoms in total. The van der Waals surface area contributed by atoms with Gasteiger partial charge in [-0.2, -0.15) is 17.5 Å². The van der Waals surface area contributed by atoms with Gasteiger partial charge < -0.3 is 19.7 Å². The summed E-state index contributed by atoms with van der Waals surface area (Å²) >= 11 is 0. The van der Waals surface area contributed by atoms with Crippen LogP contribution in [-0.2, 0) is 29.1 Å². The van der Waals surface area contributed by atoms with E-state index in [1.807, 2.05) is 39.8 Å². The van der Waals surface area contributed by atoms with E-state index in [-0.39, 0.29) is 50.3 Å². The smallest absolute Gasteiger partial charge is 0.348 e. The molecule has 2 amide bonds. The quantitative estimate of drug-likeness (QED) is 0.233. The lowest BCUT2D eigenvalue weighted by Gasteiger charge is -2.34. The molecule has 0 saturated carbocycles.